The number of rotatable bonds is 4. The lowest BCUT2D eigenvalue weighted by Crippen LogP contribution is -2.35. The Bertz CT molecular complexity index is 514. The summed E-state index contributed by atoms with van der Waals surface area (Å²) in [4.78, 5) is 13.9. The molecule has 102 valence electrons. The van der Waals surface area contributed by atoms with Gasteiger partial charge in [-0.05, 0) is 31.3 Å². The van der Waals surface area contributed by atoms with Crippen molar-refractivity contribution < 1.29 is 9.53 Å². The Labute approximate surface area is 121 Å². The summed E-state index contributed by atoms with van der Waals surface area (Å²) in [6, 6.07) is 5.79. The van der Waals surface area contributed by atoms with E-state index in [1.54, 1.807) is 11.9 Å². The van der Waals surface area contributed by atoms with E-state index in [-0.39, 0.29) is 5.91 Å². The highest BCUT2D eigenvalue weighted by Crippen LogP contribution is 2.29. The number of fused-ring (bicyclic) bond motifs is 1. The molecule has 1 aliphatic heterocycles. The fourth-order valence-corrected chi connectivity index (χ4v) is 2.28. The van der Waals surface area contributed by atoms with E-state index in [1.807, 2.05) is 31.3 Å². The lowest BCUT2D eigenvalue weighted by molar-refractivity contribution is -0.126. The quantitative estimate of drug-likeness (QED) is 0.919. The number of amides is 1. The van der Waals surface area contributed by atoms with Gasteiger partial charge in [-0.1, -0.05) is 15.9 Å². The molecule has 0 fully saturated rings. The van der Waals surface area contributed by atoms with Crippen LogP contribution in [0.25, 0.3) is 6.08 Å². The van der Waals surface area contributed by atoms with Crippen LogP contribution in [0.1, 0.15) is 5.56 Å². The van der Waals surface area contributed by atoms with Crippen LogP contribution in [0.3, 0.4) is 0 Å². The number of carbonyl (C=O) groups is 1. The van der Waals surface area contributed by atoms with Crippen LogP contribution in [0, 0.1) is 0 Å². The first-order chi connectivity index (χ1) is 9.11. The lowest BCUT2D eigenvalue weighted by Gasteiger charge is -2.22. The zero-order valence-electron chi connectivity index (χ0n) is 11.1. The Morgan fingerprint density at radius 2 is 2.32 bits per heavy atom. The van der Waals surface area contributed by atoms with Gasteiger partial charge in [0, 0.05) is 30.2 Å². The highest BCUT2D eigenvalue weighted by Gasteiger charge is 2.19. The van der Waals surface area contributed by atoms with Gasteiger partial charge in [0.1, 0.15) is 12.4 Å². The van der Waals surface area contributed by atoms with Gasteiger partial charge in [-0.2, -0.15) is 0 Å². The van der Waals surface area contributed by atoms with Crippen molar-refractivity contribution >= 4 is 27.9 Å². The summed E-state index contributed by atoms with van der Waals surface area (Å²) < 4.78 is 6.59. The van der Waals surface area contributed by atoms with Gasteiger partial charge >= 0.3 is 0 Å². The fourth-order valence-electron chi connectivity index (χ4n) is 1.90. The Balaban J connectivity index is 2.16. The SMILES string of the molecule is CNCCN(C)C(=O)C1=Cc2cc(Br)ccc2OC1. The van der Waals surface area contributed by atoms with Crippen molar-refractivity contribution in [2.75, 3.05) is 33.8 Å². The van der Waals surface area contributed by atoms with Crippen LogP contribution in [-0.2, 0) is 4.79 Å². The van der Waals surface area contributed by atoms with E-state index in [0.29, 0.717) is 18.7 Å². The third kappa shape index (κ3) is 3.36. The van der Waals surface area contributed by atoms with Crippen LogP contribution in [0.15, 0.2) is 28.2 Å². The Morgan fingerprint density at radius 1 is 1.53 bits per heavy atom. The molecule has 1 heterocycles. The monoisotopic (exact) mass is 324 g/mol. The van der Waals surface area contributed by atoms with Gasteiger partial charge in [-0.3, -0.25) is 4.79 Å². The maximum absolute atomic E-state index is 12.2. The topological polar surface area (TPSA) is 41.6 Å². The molecule has 0 atom stereocenters. The van der Waals surface area contributed by atoms with E-state index >= 15 is 0 Å². The number of halogens is 1. The van der Waals surface area contributed by atoms with Crippen molar-refractivity contribution in [3.05, 3.63) is 33.8 Å². The predicted molar refractivity (Wildman–Crippen MR) is 79.2 cm³/mol. The molecule has 0 aromatic heterocycles. The second-order valence-electron chi connectivity index (χ2n) is 4.47. The Kier molecular flexibility index (Phi) is 4.61. The summed E-state index contributed by atoms with van der Waals surface area (Å²) in [5.74, 6) is 0.832. The van der Waals surface area contributed by atoms with E-state index in [4.69, 9.17) is 4.74 Å². The maximum atomic E-state index is 12.2. The minimum Gasteiger partial charge on any atom is -0.488 e. The van der Waals surface area contributed by atoms with Crippen molar-refractivity contribution in [3.63, 3.8) is 0 Å². The molecule has 1 amide bonds. The average Bonchev–Trinajstić information content (AvgIpc) is 2.43. The molecular weight excluding hydrogens is 308 g/mol. The first kappa shape index (κ1) is 14.1. The van der Waals surface area contributed by atoms with Crippen molar-refractivity contribution in [2.24, 2.45) is 0 Å². The van der Waals surface area contributed by atoms with E-state index in [9.17, 15) is 4.79 Å². The minimum atomic E-state index is 0.0147. The number of nitrogens with zero attached hydrogens (tertiary/aromatic N) is 1. The third-order valence-corrected chi connectivity index (χ3v) is 3.50. The molecule has 0 bridgehead atoms. The fraction of sp³-hybridized carbons (Fsp3) is 0.357. The molecule has 2 rings (SSSR count). The van der Waals surface area contributed by atoms with E-state index in [2.05, 4.69) is 21.2 Å². The van der Waals surface area contributed by atoms with E-state index in [1.165, 1.54) is 0 Å². The zero-order chi connectivity index (χ0) is 13.8. The van der Waals surface area contributed by atoms with Crippen LogP contribution >= 0.6 is 15.9 Å². The van der Waals surface area contributed by atoms with Crippen LogP contribution in [0.5, 0.6) is 5.75 Å². The van der Waals surface area contributed by atoms with Crippen molar-refractivity contribution in [3.8, 4) is 5.75 Å². The van der Waals surface area contributed by atoms with Crippen LogP contribution < -0.4 is 10.1 Å². The minimum absolute atomic E-state index is 0.0147. The van der Waals surface area contributed by atoms with Gasteiger partial charge < -0.3 is 15.0 Å². The Hall–Kier alpha value is -1.33. The molecule has 1 aromatic carbocycles. The molecule has 5 heteroatoms. The molecule has 0 aliphatic carbocycles. The van der Waals surface area contributed by atoms with Crippen molar-refractivity contribution in [1.82, 2.24) is 10.2 Å². The lowest BCUT2D eigenvalue weighted by atomic mass is 10.1. The third-order valence-electron chi connectivity index (χ3n) is 3.00. The number of nitrogens with one attached hydrogen (secondary N) is 1. The molecule has 0 radical (unpaired) electrons. The molecule has 1 N–H and O–H groups in total. The summed E-state index contributed by atoms with van der Waals surface area (Å²) in [5.41, 5.74) is 1.62. The number of hydrogen-bond acceptors (Lipinski definition) is 3. The molecule has 0 spiro atoms. The number of hydrogen-bond donors (Lipinski definition) is 1. The van der Waals surface area contributed by atoms with Gasteiger partial charge in [-0.15, -0.1) is 0 Å². The zero-order valence-corrected chi connectivity index (χ0v) is 12.7. The first-order valence-electron chi connectivity index (χ1n) is 6.15. The second kappa shape index (κ2) is 6.21. The molecule has 0 saturated heterocycles. The summed E-state index contributed by atoms with van der Waals surface area (Å²) >= 11 is 3.42. The van der Waals surface area contributed by atoms with Gasteiger partial charge in [0.25, 0.3) is 5.91 Å². The summed E-state index contributed by atoms with van der Waals surface area (Å²) in [6.07, 6.45) is 1.90. The van der Waals surface area contributed by atoms with E-state index in [0.717, 1.165) is 22.3 Å². The van der Waals surface area contributed by atoms with Crippen LogP contribution in [-0.4, -0.2) is 44.6 Å². The number of carbonyl (C=O) groups excluding carboxylic acids is 1. The first-order valence-corrected chi connectivity index (χ1v) is 6.94. The van der Waals surface area contributed by atoms with Crippen LogP contribution in [0.4, 0.5) is 0 Å². The predicted octanol–water partition coefficient (Wildman–Crippen LogP) is 1.90. The molecule has 1 aromatic rings. The standard InChI is InChI=1S/C14H17BrN2O2/c1-16-5-6-17(2)14(18)11-7-10-8-12(15)3-4-13(10)19-9-11/h3-4,7-8,16H,5-6,9H2,1-2H3. The molecule has 19 heavy (non-hydrogen) atoms. The van der Waals surface area contributed by atoms with E-state index < -0.39 is 0 Å². The van der Waals surface area contributed by atoms with Crippen molar-refractivity contribution in [1.29, 1.82) is 0 Å². The van der Waals surface area contributed by atoms with Gasteiger partial charge in [0.2, 0.25) is 0 Å². The van der Waals surface area contributed by atoms with Crippen LogP contribution in [0.2, 0.25) is 0 Å². The Morgan fingerprint density at radius 3 is 3.05 bits per heavy atom. The molecule has 0 saturated carbocycles. The molecule has 0 unspecified atom stereocenters. The summed E-state index contributed by atoms with van der Waals surface area (Å²) in [7, 11) is 3.67. The summed E-state index contributed by atoms with van der Waals surface area (Å²) in [6.45, 7) is 1.79. The maximum Gasteiger partial charge on any atom is 0.253 e. The molecule has 1 aliphatic rings. The van der Waals surface area contributed by atoms with Gasteiger partial charge in [0.15, 0.2) is 0 Å². The summed E-state index contributed by atoms with van der Waals surface area (Å²) in [5, 5.41) is 3.03. The average molecular weight is 325 g/mol. The van der Waals surface area contributed by atoms with Gasteiger partial charge in [0.05, 0.1) is 5.57 Å². The molecular formula is C14H17BrN2O2. The highest BCUT2D eigenvalue weighted by molar-refractivity contribution is 9.10. The highest BCUT2D eigenvalue weighted by atomic mass is 79.9. The number of ether oxygens (including phenoxy) is 1. The van der Waals surface area contributed by atoms with Crippen molar-refractivity contribution in [2.45, 2.75) is 0 Å². The smallest absolute Gasteiger partial charge is 0.253 e. The number of likely N-dealkylation sites (N-methyl/N-ethyl adjacent to an activating group) is 2. The number of benzene rings is 1. The second-order valence-corrected chi connectivity index (χ2v) is 5.39. The largest absolute Gasteiger partial charge is 0.488 e. The normalized spacial score (nSPS) is 13.3. The van der Waals surface area contributed by atoms with Gasteiger partial charge in [-0.25, -0.2) is 0 Å². The molecule has 4 nitrogen and oxygen atoms in total.